The number of aromatic nitrogens is 1. The highest BCUT2D eigenvalue weighted by molar-refractivity contribution is 6.29. The van der Waals surface area contributed by atoms with Crippen LogP contribution >= 0.6 is 11.6 Å². The predicted molar refractivity (Wildman–Crippen MR) is 76.8 cm³/mol. The van der Waals surface area contributed by atoms with E-state index in [1.54, 1.807) is 24.4 Å². The van der Waals surface area contributed by atoms with Gasteiger partial charge in [0.25, 0.3) is 0 Å². The Morgan fingerprint density at radius 3 is 2.79 bits per heavy atom. The number of nitrogens with one attached hydrogen (secondary N) is 1. The van der Waals surface area contributed by atoms with Crippen molar-refractivity contribution in [2.24, 2.45) is 5.92 Å². The summed E-state index contributed by atoms with van der Waals surface area (Å²) in [5.41, 5.74) is 0.808. The molecule has 0 aliphatic carbocycles. The first-order chi connectivity index (χ1) is 9.02. The number of halogens is 1. The molecule has 0 fully saturated rings. The smallest absolute Gasteiger partial charge is 0.244 e. The van der Waals surface area contributed by atoms with E-state index in [9.17, 15) is 4.79 Å². The van der Waals surface area contributed by atoms with E-state index in [0.717, 1.165) is 5.56 Å². The molecule has 1 aromatic heterocycles. The quantitative estimate of drug-likeness (QED) is 0.621. The zero-order chi connectivity index (χ0) is 14.3. The molecule has 1 rings (SSSR count). The molecule has 0 bridgehead atoms. The van der Waals surface area contributed by atoms with Crippen molar-refractivity contribution in [2.45, 2.75) is 26.3 Å². The Morgan fingerprint density at radius 1 is 1.53 bits per heavy atom. The minimum Gasteiger partial charge on any atom is -0.396 e. The van der Waals surface area contributed by atoms with Crippen LogP contribution in [-0.2, 0) is 4.79 Å². The van der Waals surface area contributed by atoms with Gasteiger partial charge >= 0.3 is 0 Å². The Hall–Kier alpha value is -1.39. The monoisotopic (exact) mass is 282 g/mol. The zero-order valence-electron chi connectivity index (χ0n) is 11.1. The number of carbonyl (C=O) groups is 1. The molecule has 4 nitrogen and oxygen atoms in total. The normalized spacial score (nSPS) is 12.9. The molecule has 0 aromatic carbocycles. The number of amides is 1. The van der Waals surface area contributed by atoms with Gasteiger partial charge in [0.1, 0.15) is 5.15 Å². The predicted octanol–water partition coefficient (Wildman–Crippen LogP) is 2.27. The Morgan fingerprint density at radius 2 is 2.26 bits per heavy atom. The van der Waals surface area contributed by atoms with Crippen molar-refractivity contribution in [1.29, 1.82) is 0 Å². The summed E-state index contributed by atoms with van der Waals surface area (Å²) < 4.78 is 0. The van der Waals surface area contributed by atoms with Gasteiger partial charge < -0.3 is 10.4 Å². The molecule has 1 aromatic rings. The van der Waals surface area contributed by atoms with Gasteiger partial charge in [-0.05, 0) is 30.0 Å². The van der Waals surface area contributed by atoms with E-state index in [1.165, 1.54) is 6.08 Å². The fourth-order valence-electron chi connectivity index (χ4n) is 1.60. The minimum atomic E-state index is -0.179. The summed E-state index contributed by atoms with van der Waals surface area (Å²) >= 11 is 5.67. The lowest BCUT2D eigenvalue weighted by atomic mass is 10.0. The molecular weight excluding hydrogens is 264 g/mol. The van der Waals surface area contributed by atoms with Crippen molar-refractivity contribution in [2.75, 3.05) is 6.61 Å². The molecule has 0 aliphatic rings. The van der Waals surface area contributed by atoms with Crippen LogP contribution in [0.4, 0.5) is 0 Å². The van der Waals surface area contributed by atoms with Crippen LogP contribution in [0.5, 0.6) is 0 Å². The third-order valence-corrected chi connectivity index (χ3v) is 2.97. The van der Waals surface area contributed by atoms with Crippen molar-refractivity contribution in [3.8, 4) is 0 Å². The molecule has 0 spiro atoms. The average Bonchev–Trinajstić information content (AvgIpc) is 2.37. The Labute approximate surface area is 118 Å². The largest absolute Gasteiger partial charge is 0.396 e. The molecule has 19 heavy (non-hydrogen) atoms. The molecule has 0 saturated carbocycles. The Bertz CT molecular complexity index is 430. The highest BCUT2D eigenvalue weighted by Crippen LogP contribution is 2.08. The number of hydrogen-bond donors (Lipinski definition) is 2. The minimum absolute atomic E-state index is 0.0227. The van der Waals surface area contributed by atoms with E-state index >= 15 is 0 Å². The standard InChI is InChI=1S/C14H19ClN2O2/c1-10(2)12(7-8-18)17-14(19)6-4-11-3-5-13(15)16-9-11/h3-6,9-10,12,18H,7-8H2,1-2H3,(H,17,19)/b6-4+. The summed E-state index contributed by atoms with van der Waals surface area (Å²) in [5, 5.41) is 12.2. The second-order valence-corrected chi connectivity index (χ2v) is 5.01. The van der Waals surface area contributed by atoms with Crippen LogP contribution in [0.15, 0.2) is 24.4 Å². The van der Waals surface area contributed by atoms with Crippen molar-refractivity contribution >= 4 is 23.6 Å². The van der Waals surface area contributed by atoms with Crippen molar-refractivity contribution < 1.29 is 9.90 Å². The van der Waals surface area contributed by atoms with E-state index in [2.05, 4.69) is 10.3 Å². The van der Waals surface area contributed by atoms with E-state index < -0.39 is 0 Å². The zero-order valence-corrected chi connectivity index (χ0v) is 11.9. The van der Waals surface area contributed by atoms with Gasteiger partial charge in [0.2, 0.25) is 5.91 Å². The SMILES string of the molecule is CC(C)C(CCO)NC(=O)/C=C/c1ccc(Cl)nc1. The molecule has 1 heterocycles. The van der Waals surface area contributed by atoms with Gasteiger partial charge in [-0.15, -0.1) is 0 Å². The molecule has 0 saturated heterocycles. The lowest BCUT2D eigenvalue weighted by Crippen LogP contribution is -2.38. The summed E-state index contributed by atoms with van der Waals surface area (Å²) in [6.07, 6.45) is 5.28. The van der Waals surface area contributed by atoms with Crippen molar-refractivity contribution in [3.63, 3.8) is 0 Å². The number of aliphatic hydroxyl groups excluding tert-OH is 1. The topological polar surface area (TPSA) is 62.2 Å². The molecule has 0 aliphatic heterocycles. The third-order valence-electron chi connectivity index (χ3n) is 2.75. The fourth-order valence-corrected chi connectivity index (χ4v) is 1.71. The maximum absolute atomic E-state index is 11.7. The second-order valence-electron chi connectivity index (χ2n) is 4.62. The number of hydrogen-bond acceptors (Lipinski definition) is 3. The van der Waals surface area contributed by atoms with Gasteiger partial charge in [0, 0.05) is 24.9 Å². The molecule has 2 N–H and O–H groups in total. The van der Waals surface area contributed by atoms with Crippen LogP contribution in [0.3, 0.4) is 0 Å². The number of rotatable bonds is 6. The van der Waals surface area contributed by atoms with Crippen LogP contribution in [0.1, 0.15) is 25.8 Å². The van der Waals surface area contributed by atoms with Crippen molar-refractivity contribution in [3.05, 3.63) is 35.1 Å². The summed E-state index contributed by atoms with van der Waals surface area (Å²) in [6.45, 7) is 4.08. The van der Waals surface area contributed by atoms with E-state index in [1.807, 2.05) is 13.8 Å². The van der Waals surface area contributed by atoms with E-state index in [4.69, 9.17) is 16.7 Å². The Balaban J connectivity index is 2.56. The number of aliphatic hydroxyl groups is 1. The van der Waals surface area contributed by atoms with Gasteiger partial charge in [0.15, 0.2) is 0 Å². The second kappa shape index (κ2) is 7.92. The molecule has 1 unspecified atom stereocenters. The number of carbonyl (C=O) groups excluding carboxylic acids is 1. The van der Waals surface area contributed by atoms with Crippen LogP contribution in [0.25, 0.3) is 6.08 Å². The molecule has 1 atom stereocenters. The summed E-state index contributed by atoms with van der Waals surface area (Å²) in [5.74, 6) is 0.101. The lowest BCUT2D eigenvalue weighted by Gasteiger charge is -2.20. The maximum Gasteiger partial charge on any atom is 0.244 e. The first-order valence-corrected chi connectivity index (χ1v) is 6.61. The molecule has 104 valence electrons. The third kappa shape index (κ3) is 5.85. The summed E-state index contributed by atoms with van der Waals surface area (Å²) in [6, 6.07) is 3.43. The molecule has 1 amide bonds. The number of nitrogens with zero attached hydrogens (tertiary/aromatic N) is 1. The van der Waals surface area contributed by atoms with Crippen molar-refractivity contribution in [1.82, 2.24) is 10.3 Å². The summed E-state index contributed by atoms with van der Waals surface area (Å²) in [7, 11) is 0. The summed E-state index contributed by atoms with van der Waals surface area (Å²) in [4.78, 5) is 15.7. The average molecular weight is 283 g/mol. The molecular formula is C14H19ClN2O2. The lowest BCUT2D eigenvalue weighted by molar-refractivity contribution is -0.117. The highest BCUT2D eigenvalue weighted by atomic mass is 35.5. The van der Waals surface area contributed by atoms with E-state index in [0.29, 0.717) is 11.6 Å². The molecule has 0 radical (unpaired) electrons. The van der Waals surface area contributed by atoms with E-state index in [-0.39, 0.29) is 24.5 Å². The van der Waals surface area contributed by atoms with Gasteiger partial charge in [-0.3, -0.25) is 4.79 Å². The maximum atomic E-state index is 11.7. The van der Waals surface area contributed by atoms with Gasteiger partial charge in [-0.1, -0.05) is 31.5 Å². The van der Waals surface area contributed by atoms with Gasteiger partial charge in [-0.25, -0.2) is 4.98 Å². The number of pyridine rings is 1. The molecule has 5 heteroatoms. The van der Waals surface area contributed by atoms with Gasteiger partial charge in [0.05, 0.1) is 0 Å². The first-order valence-electron chi connectivity index (χ1n) is 6.24. The van der Waals surface area contributed by atoms with Crippen LogP contribution in [0.2, 0.25) is 5.15 Å². The van der Waals surface area contributed by atoms with Crippen LogP contribution in [0, 0.1) is 5.92 Å². The van der Waals surface area contributed by atoms with Gasteiger partial charge in [-0.2, -0.15) is 0 Å². The highest BCUT2D eigenvalue weighted by Gasteiger charge is 2.13. The fraction of sp³-hybridized carbons (Fsp3) is 0.429. The van der Waals surface area contributed by atoms with Crippen LogP contribution in [-0.4, -0.2) is 28.6 Å². The Kier molecular flexibility index (Phi) is 6.53. The first kappa shape index (κ1) is 15.7. The van der Waals surface area contributed by atoms with Crippen LogP contribution < -0.4 is 5.32 Å².